The Morgan fingerprint density at radius 3 is 1.52 bits per heavy atom. The van der Waals surface area contributed by atoms with E-state index in [9.17, 15) is 14.4 Å². The van der Waals surface area contributed by atoms with Gasteiger partial charge in [0.1, 0.15) is 32.0 Å². The number of nitrogens with one attached hydrogen (secondary N) is 1. The van der Waals surface area contributed by atoms with Crippen LogP contribution >= 0.6 is 0 Å². The van der Waals surface area contributed by atoms with E-state index in [1.54, 1.807) is 12.1 Å². The van der Waals surface area contributed by atoms with Gasteiger partial charge in [-0.15, -0.1) is 0 Å². The molecule has 412 valence electrons. The molecule has 4 aliphatic rings. The number of pyridine rings is 2. The number of benzene rings is 4. The highest BCUT2D eigenvalue weighted by molar-refractivity contribution is 5.86. The summed E-state index contributed by atoms with van der Waals surface area (Å²) in [5.41, 5.74) is 7.95. The van der Waals surface area contributed by atoms with Crippen molar-refractivity contribution in [3.8, 4) is 23.0 Å². The normalized spacial score (nSPS) is 16.2. The lowest BCUT2D eigenvalue weighted by Gasteiger charge is -2.39. The zero-order valence-electron chi connectivity index (χ0n) is 46.9. The number of hydrogen-bond donors (Lipinski definition) is 1. The molecule has 0 atom stereocenters. The minimum absolute atomic E-state index is 0.0290. The van der Waals surface area contributed by atoms with Crippen molar-refractivity contribution in [1.82, 2.24) is 29.2 Å². The first-order valence-corrected chi connectivity index (χ1v) is 27.5. The second-order valence-electron chi connectivity index (χ2n) is 22.5. The third-order valence-corrected chi connectivity index (χ3v) is 15.3. The Morgan fingerprint density at radius 2 is 1.04 bits per heavy atom. The van der Waals surface area contributed by atoms with E-state index in [0.29, 0.717) is 57.9 Å². The number of nitrogens with zero attached hydrogens (tertiary/aromatic N) is 7. The van der Waals surface area contributed by atoms with Crippen LogP contribution in [-0.2, 0) is 30.9 Å². The van der Waals surface area contributed by atoms with Crippen molar-refractivity contribution in [2.45, 2.75) is 104 Å². The van der Waals surface area contributed by atoms with E-state index in [0.717, 1.165) is 139 Å². The fourth-order valence-electron chi connectivity index (χ4n) is 10.9. The van der Waals surface area contributed by atoms with E-state index < -0.39 is 5.60 Å². The summed E-state index contributed by atoms with van der Waals surface area (Å²) >= 11 is 0. The summed E-state index contributed by atoms with van der Waals surface area (Å²) in [6.45, 7) is 20.0. The molecular formula is C61H80N8O8. The lowest BCUT2D eigenvalue weighted by molar-refractivity contribution is 0.00562. The van der Waals surface area contributed by atoms with Crippen LogP contribution in [0.5, 0.6) is 23.0 Å². The molecule has 0 saturated carbocycles. The second-order valence-corrected chi connectivity index (χ2v) is 22.5. The predicted octanol–water partition coefficient (Wildman–Crippen LogP) is 8.45. The van der Waals surface area contributed by atoms with Crippen molar-refractivity contribution < 1.29 is 28.5 Å². The van der Waals surface area contributed by atoms with Crippen LogP contribution in [0.4, 0.5) is 16.2 Å². The molecular weight excluding hydrogens is 973 g/mol. The van der Waals surface area contributed by atoms with Gasteiger partial charge >= 0.3 is 6.09 Å². The Balaban J connectivity index is 0.000000191. The van der Waals surface area contributed by atoms with E-state index in [4.69, 9.17) is 23.7 Å². The number of aromatic nitrogens is 2. The maximum atomic E-state index is 13.4. The molecule has 6 heterocycles. The quantitative estimate of drug-likeness (QED) is 0.112. The Bertz CT molecular complexity index is 3150. The number of rotatable bonds is 14. The number of ether oxygens (including phenoxy) is 5. The summed E-state index contributed by atoms with van der Waals surface area (Å²) in [7, 11) is 8.09. The molecule has 0 aliphatic carbocycles. The van der Waals surface area contributed by atoms with Crippen molar-refractivity contribution >= 4 is 39.3 Å². The smallest absolute Gasteiger partial charge is 0.410 e. The first-order valence-electron chi connectivity index (χ1n) is 27.5. The molecule has 0 radical (unpaired) electrons. The van der Waals surface area contributed by atoms with E-state index >= 15 is 0 Å². The highest BCUT2D eigenvalue weighted by Crippen LogP contribution is 2.34. The number of likely N-dealkylation sites (tertiary alicyclic amines) is 2. The molecule has 4 aromatic carbocycles. The van der Waals surface area contributed by atoms with Gasteiger partial charge in [0.15, 0.2) is 23.0 Å². The van der Waals surface area contributed by atoms with E-state index in [-0.39, 0.29) is 23.3 Å². The third-order valence-electron chi connectivity index (χ3n) is 15.3. The van der Waals surface area contributed by atoms with Crippen LogP contribution in [0.15, 0.2) is 94.5 Å². The minimum Gasteiger partial charge on any atom is -0.486 e. The van der Waals surface area contributed by atoms with Crippen LogP contribution in [0.25, 0.3) is 21.8 Å². The van der Waals surface area contributed by atoms with E-state index in [1.165, 1.54) is 5.56 Å². The molecule has 0 unspecified atom stereocenters. The number of aryl methyl sites for hydroxylation is 2. The van der Waals surface area contributed by atoms with Gasteiger partial charge in [-0.05, 0) is 144 Å². The van der Waals surface area contributed by atoms with Gasteiger partial charge in [0.25, 0.3) is 11.1 Å². The molecule has 0 spiro atoms. The van der Waals surface area contributed by atoms with Gasteiger partial charge in [-0.3, -0.25) is 9.59 Å². The molecule has 0 bridgehead atoms. The summed E-state index contributed by atoms with van der Waals surface area (Å²) in [4.78, 5) is 50.2. The van der Waals surface area contributed by atoms with Gasteiger partial charge in [-0.2, -0.15) is 0 Å². The average Bonchev–Trinajstić information content (AvgIpc) is 3.42. The molecule has 6 aromatic rings. The van der Waals surface area contributed by atoms with Crippen molar-refractivity contribution in [2.75, 3.05) is 104 Å². The van der Waals surface area contributed by atoms with Crippen molar-refractivity contribution in [1.29, 1.82) is 0 Å². The van der Waals surface area contributed by atoms with Gasteiger partial charge in [0.05, 0.1) is 11.0 Å². The van der Waals surface area contributed by atoms with Crippen LogP contribution < -0.4 is 45.2 Å². The molecule has 4 aliphatic heterocycles. The largest absolute Gasteiger partial charge is 0.486 e. The fourth-order valence-corrected chi connectivity index (χ4v) is 10.9. The van der Waals surface area contributed by atoms with Crippen molar-refractivity contribution in [3.63, 3.8) is 0 Å². The molecule has 1 amide bonds. The van der Waals surface area contributed by atoms with Gasteiger partial charge in [-0.1, -0.05) is 24.3 Å². The molecule has 2 fully saturated rings. The van der Waals surface area contributed by atoms with Gasteiger partial charge in [-0.25, -0.2) is 4.79 Å². The molecule has 16 heteroatoms. The Morgan fingerprint density at radius 1 is 0.584 bits per heavy atom. The number of hydrogen-bond acceptors (Lipinski definition) is 13. The Hall–Kier alpha value is -6.75. The molecule has 2 saturated heterocycles. The maximum absolute atomic E-state index is 13.4. The summed E-state index contributed by atoms with van der Waals surface area (Å²) in [5, 5.41) is 5.97. The van der Waals surface area contributed by atoms with Crippen LogP contribution in [0.3, 0.4) is 0 Å². The van der Waals surface area contributed by atoms with Crippen LogP contribution in [0, 0.1) is 13.8 Å². The minimum atomic E-state index is -0.584. The number of anilines is 2. The SMILES string of the molecule is Cc1cc(=O)n(CCN2CCC(N(Cc3ccc4c(c3)OCCO4)C(=O)OC(C)(C)C)CC2)c2cc(N(C)C)ccc12.Cc1cc(=O)n(CCN2CCC(NCc3ccc4c(c3)OCCO4)CC2)c2cc(N(C)C)ccc12. The van der Waals surface area contributed by atoms with Crippen LogP contribution in [0.1, 0.15) is 68.7 Å². The van der Waals surface area contributed by atoms with E-state index in [2.05, 4.69) is 73.4 Å². The summed E-state index contributed by atoms with van der Waals surface area (Å²) < 4.78 is 32.5. The first kappa shape index (κ1) is 55.0. The topological polar surface area (TPSA) is 135 Å². The average molecular weight is 1050 g/mol. The molecule has 16 nitrogen and oxygen atoms in total. The molecule has 77 heavy (non-hydrogen) atoms. The number of fused-ring (bicyclic) bond motifs is 4. The lowest BCUT2D eigenvalue weighted by atomic mass is 10.0. The monoisotopic (exact) mass is 1050 g/mol. The number of carbonyl (C=O) groups is 1. The van der Waals surface area contributed by atoms with Gasteiger partial charge in [0.2, 0.25) is 0 Å². The number of piperidine rings is 2. The number of carbonyl (C=O) groups excluding carboxylic acids is 1. The highest BCUT2D eigenvalue weighted by Gasteiger charge is 2.32. The summed E-state index contributed by atoms with van der Waals surface area (Å²) in [6, 6.07) is 28.8. The van der Waals surface area contributed by atoms with Crippen molar-refractivity contribution in [2.24, 2.45) is 0 Å². The Labute approximate surface area is 454 Å². The zero-order valence-corrected chi connectivity index (χ0v) is 46.9. The van der Waals surface area contributed by atoms with Gasteiger partial charge in [0, 0.05) is 127 Å². The third kappa shape index (κ3) is 13.7. The van der Waals surface area contributed by atoms with Gasteiger partial charge < -0.3 is 62.6 Å². The highest BCUT2D eigenvalue weighted by atomic mass is 16.6. The fraction of sp³-hybridized carbons (Fsp3) is 0.492. The van der Waals surface area contributed by atoms with E-state index in [1.807, 2.05) is 101 Å². The molecule has 1 N–H and O–H groups in total. The molecule has 2 aromatic heterocycles. The summed E-state index contributed by atoms with van der Waals surface area (Å²) in [6.07, 6.45) is 3.58. The molecule has 10 rings (SSSR count). The Kier molecular flexibility index (Phi) is 17.4. The maximum Gasteiger partial charge on any atom is 0.410 e. The van der Waals surface area contributed by atoms with Crippen LogP contribution in [0.2, 0.25) is 0 Å². The van der Waals surface area contributed by atoms with Crippen molar-refractivity contribution in [3.05, 3.63) is 128 Å². The predicted molar refractivity (Wildman–Crippen MR) is 307 cm³/mol. The van der Waals surface area contributed by atoms with Crippen LogP contribution in [-0.4, -0.2) is 141 Å². The summed E-state index contributed by atoms with van der Waals surface area (Å²) in [5.74, 6) is 3.14. The lowest BCUT2D eigenvalue weighted by Crippen LogP contribution is -2.49. The number of amides is 1. The standard InChI is InChI=1S/C33H44N4O5.C28H36N4O3/c1-23-19-31(38)36(28-21-26(34(5)6)8-9-27(23)28)16-15-35-13-11-25(12-14-35)37(32(39)42-33(2,3)4)22-24-7-10-29-30(20-24)41-18-17-40-29;1-20-16-28(33)32(25-18-23(30(2)3)5-6-24(20)25)13-12-31-10-8-22(9-11-31)29-19-21-4-7-26-27(17-21)35-15-14-34-26/h7-10,19-21,25H,11-18,22H2,1-6H3;4-7,16-18,22,29H,8-15,19H2,1-3H3. The zero-order chi connectivity index (χ0) is 54.4. The first-order chi connectivity index (χ1) is 37.0. The second kappa shape index (κ2) is 24.3.